The number of benzene rings is 1. The van der Waals surface area contributed by atoms with Crippen molar-refractivity contribution >= 4 is 5.69 Å². The van der Waals surface area contributed by atoms with Crippen LogP contribution in [-0.2, 0) is 5.41 Å². The Labute approximate surface area is 105 Å². The van der Waals surface area contributed by atoms with Gasteiger partial charge in [0.05, 0.1) is 11.5 Å². The second-order valence-corrected chi connectivity index (χ2v) is 4.20. The van der Waals surface area contributed by atoms with Crippen LogP contribution >= 0.6 is 0 Å². The van der Waals surface area contributed by atoms with E-state index in [1.54, 1.807) is 12.1 Å². The minimum absolute atomic E-state index is 0.0229. The minimum atomic E-state index is -0.279. The van der Waals surface area contributed by atoms with Gasteiger partial charge < -0.3 is 5.32 Å². The SMILES string of the molecule is N#CC(C#N)=CNc1ccc(C2(C#N)CC2)cc1. The van der Waals surface area contributed by atoms with Gasteiger partial charge in [0.2, 0.25) is 0 Å². The molecule has 0 heterocycles. The predicted octanol–water partition coefficient (Wildman–Crippen LogP) is 2.58. The quantitative estimate of drug-likeness (QED) is 0.814. The molecule has 4 nitrogen and oxygen atoms in total. The number of rotatable bonds is 3. The molecular weight excluding hydrogens is 224 g/mol. The number of nitrogens with zero attached hydrogens (tertiary/aromatic N) is 3. The molecule has 0 radical (unpaired) electrons. The van der Waals surface area contributed by atoms with Crippen molar-refractivity contribution in [1.29, 1.82) is 15.8 Å². The minimum Gasteiger partial charge on any atom is -0.360 e. The van der Waals surface area contributed by atoms with Crippen molar-refractivity contribution in [3.8, 4) is 18.2 Å². The van der Waals surface area contributed by atoms with E-state index in [1.165, 1.54) is 6.20 Å². The molecule has 18 heavy (non-hydrogen) atoms. The second-order valence-electron chi connectivity index (χ2n) is 4.20. The number of allylic oxidation sites excluding steroid dienone is 1. The molecule has 2 rings (SSSR count). The van der Waals surface area contributed by atoms with Crippen molar-refractivity contribution in [3.63, 3.8) is 0 Å². The third-order valence-corrected chi connectivity index (χ3v) is 3.03. The molecule has 86 valence electrons. The Kier molecular flexibility index (Phi) is 3.00. The van der Waals surface area contributed by atoms with E-state index in [2.05, 4.69) is 11.4 Å². The lowest BCUT2D eigenvalue weighted by Crippen LogP contribution is -2.02. The zero-order valence-electron chi connectivity index (χ0n) is 9.64. The molecule has 0 saturated heterocycles. The molecule has 1 fully saturated rings. The van der Waals surface area contributed by atoms with Gasteiger partial charge in [-0.15, -0.1) is 0 Å². The monoisotopic (exact) mass is 234 g/mol. The fourth-order valence-corrected chi connectivity index (χ4v) is 1.72. The fraction of sp³-hybridized carbons (Fsp3) is 0.214. The van der Waals surface area contributed by atoms with Crippen LogP contribution in [0.15, 0.2) is 36.0 Å². The van der Waals surface area contributed by atoms with Crippen LogP contribution in [0.1, 0.15) is 18.4 Å². The molecule has 0 atom stereocenters. The Morgan fingerprint density at radius 3 is 2.17 bits per heavy atom. The molecule has 1 aromatic rings. The average Bonchev–Trinajstić information content (AvgIpc) is 3.22. The summed E-state index contributed by atoms with van der Waals surface area (Å²) in [6.07, 6.45) is 3.21. The first-order valence-electron chi connectivity index (χ1n) is 5.53. The zero-order chi connectivity index (χ0) is 13.0. The van der Waals surface area contributed by atoms with Gasteiger partial charge in [0.1, 0.15) is 17.7 Å². The lowest BCUT2D eigenvalue weighted by molar-refractivity contribution is 0.909. The van der Waals surface area contributed by atoms with E-state index in [0.29, 0.717) is 0 Å². The van der Waals surface area contributed by atoms with E-state index in [4.69, 9.17) is 15.8 Å². The summed E-state index contributed by atoms with van der Waals surface area (Å²) in [6.45, 7) is 0. The van der Waals surface area contributed by atoms with Crippen LogP contribution in [0.25, 0.3) is 0 Å². The van der Waals surface area contributed by atoms with Crippen LogP contribution < -0.4 is 5.32 Å². The molecule has 1 saturated carbocycles. The molecule has 0 aliphatic heterocycles. The Morgan fingerprint density at radius 2 is 1.72 bits per heavy atom. The maximum atomic E-state index is 9.07. The first-order chi connectivity index (χ1) is 8.74. The molecule has 1 aromatic carbocycles. The van der Waals surface area contributed by atoms with Crippen LogP contribution in [0.2, 0.25) is 0 Å². The summed E-state index contributed by atoms with van der Waals surface area (Å²) in [5.41, 5.74) is 1.56. The van der Waals surface area contributed by atoms with E-state index < -0.39 is 0 Å². The molecule has 0 amide bonds. The zero-order valence-corrected chi connectivity index (χ0v) is 9.64. The maximum Gasteiger partial charge on any atom is 0.145 e. The highest BCUT2D eigenvalue weighted by Crippen LogP contribution is 2.47. The number of anilines is 1. The summed E-state index contributed by atoms with van der Waals surface area (Å²) < 4.78 is 0. The van der Waals surface area contributed by atoms with Crippen molar-refractivity contribution in [2.45, 2.75) is 18.3 Å². The normalized spacial score (nSPS) is 14.5. The van der Waals surface area contributed by atoms with Gasteiger partial charge in [-0.2, -0.15) is 15.8 Å². The standard InChI is InChI=1S/C14H10N4/c15-7-11(8-16)9-18-13-3-1-12(2-4-13)14(10-17)5-6-14/h1-4,9,18H,5-6H2. The number of nitrogens with one attached hydrogen (secondary N) is 1. The van der Waals surface area contributed by atoms with Crippen molar-refractivity contribution in [3.05, 3.63) is 41.6 Å². The van der Waals surface area contributed by atoms with Gasteiger partial charge >= 0.3 is 0 Å². The summed E-state index contributed by atoms with van der Waals surface area (Å²) in [5, 5.41) is 29.1. The van der Waals surface area contributed by atoms with E-state index in [1.807, 2.05) is 24.3 Å². The summed E-state index contributed by atoms with van der Waals surface area (Å²) in [7, 11) is 0. The molecule has 1 aliphatic carbocycles. The topological polar surface area (TPSA) is 83.4 Å². The van der Waals surface area contributed by atoms with Crippen molar-refractivity contribution < 1.29 is 0 Å². The molecule has 1 aliphatic rings. The Morgan fingerprint density at radius 1 is 1.11 bits per heavy atom. The van der Waals surface area contributed by atoms with Gasteiger partial charge in [-0.1, -0.05) is 12.1 Å². The van der Waals surface area contributed by atoms with E-state index in [-0.39, 0.29) is 11.0 Å². The van der Waals surface area contributed by atoms with Gasteiger partial charge in [0.25, 0.3) is 0 Å². The third-order valence-electron chi connectivity index (χ3n) is 3.03. The van der Waals surface area contributed by atoms with E-state index >= 15 is 0 Å². The largest absolute Gasteiger partial charge is 0.360 e. The third kappa shape index (κ3) is 2.17. The van der Waals surface area contributed by atoms with Crippen LogP contribution in [0.3, 0.4) is 0 Å². The van der Waals surface area contributed by atoms with Gasteiger partial charge in [0, 0.05) is 11.9 Å². The van der Waals surface area contributed by atoms with Gasteiger partial charge in [-0.25, -0.2) is 0 Å². The van der Waals surface area contributed by atoms with Gasteiger partial charge in [-0.3, -0.25) is 0 Å². The highest BCUT2D eigenvalue weighted by atomic mass is 14.8. The summed E-state index contributed by atoms with van der Waals surface area (Å²) >= 11 is 0. The summed E-state index contributed by atoms with van der Waals surface area (Å²) in [5.74, 6) is 0. The van der Waals surface area contributed by atoms with Gasteiger partial charge in [0.15, 0.2) is 0 Å². The lowest BCUT2D eigenvalue weighted by atomic mass is 9.98. The molecular formula is C14H10N4. The highest BCUT2D eigenvalue weighted by Gasteiger charge is 2.44. The summed E-state index contributed by atoms with van der Waals surface area (Å²) in [4.78, 5) is 0. The molecule has 0 aromatic heterocycles. The van der Waals surface area contributed by atoms with Crippen molar-refractivity contribution in [2.24, 2.45) is 0 Å². The fourth-order valence-electron chi connectivity index (χ4n) is 1.72. The van der Waals surface area contributed by atoms with Crippen LogP contribution in [0.5, 0.6) is 0 Å². The van der Waals surface area contributed by atoms with Crippen molar-refractivity contribution in [1.82, 2.24) is 0 Å². The average molecular weight is 234 g/mol. The predicted molar refractivity (Wildman–Crippen MR) is 65.9 cm³/mol. The number of hydrogen-bond acceptors (Lipinski definition) is 4. The molecule has 0 unspecified atom stereocenters. The van der Waals surface area contributed by atoms with Crippen molar-refractivity contribution in [2.75, 3.05) is 5.32 Å². The molecule has 1 N–H and O–H groups in total. The molecule has 0 bridgehead atoms. The van der Waals surface area contributed by atoms with Gasteiger partial charge in [-0.05, 0) is 30.5 Å². The van der Waals surface area contributed by atoms with Crippen LogP contribution in [-0.4, -0.2) is 0 Å². The summed E-state index contributed by atoms with van der Waals surface area (Å²) in [6, 6.07) is 13.4. The van der Waals surface area contributed by atoms with E-state index in [9.17, 15) is 0 Å². The Hall–Kier alpha value is -2.77. The first-order valence-corrected chi connectivity index (χ1v) is 5.53. The Balaban J connectivity index is 2.11. The van der Waals surface area contributed by atoms with Crippen LogP contribution in [0.4, 0.5) is 5.69 Å². The smallest absolute Gasteiger partial charge is 0.145 e. The lowest BCUT2D eigenvalue weighted by Gasteiger charge is -2.07. The van der Waals surface area contributed by atoms with Crippen LogP contribution in [0, 0.1) is 34.0 Å². The Bertz CT molecular complexity index is 585. The number of hydrogen-bond donors (Lipinski definition) is 1. The number of nitriles is 3. The second kappa shape index (κ2) is 4.62. The highest BCUT2D eigenvalue weighted by molar-refractivity contribution is 5.52. The maximum absolute atomic E-state index is 9.07. The molecule has 4 heteroatoms. The first kappa shape index (κ1) is 11.7. The van der Waals surface area contributed by atoms with E-state index in [0.717, 1.165) is 24.1 Å². The molecule has 0 spiro atoms.